The van der Waals surface area contributed by atoms with Crippen molar-refractivity contribution in [2.45, 2.75) is 109 Å². The topological polar surface area (TPSA) is 106 Å². The van der Waals surface area contributed by atoms with E-state index in [1.807, 2.05) is 45.9 Å². The Morgan fingerprint density at radius 3 is 2.22 bits per heavy atom. The van der Waals surface area contributed by atoms with Crippen LogP contribution in [0.5, 0.6) is 0 Å². The lowest BCUT2D eigenvalue weighted by atomic mass is 9.75. The molecule has 3 aliphatic rings. The van der Waals surface area contributed by atoms with Gasteiger partial charge in [0.1, 0.15) is 6.04 Å². The predicted molar refractivity (Wildman–Crippen MR) is 158 cm³/mol. The van der Waals surface area contributed by atoms with Crippen LogP contribution in [0.3, 0.4) is 0 Å². The molecular weight excluding hydrogens is 521 g/mol. The molecule has 9 nitrogen and oxygen atoms in total. The molecule has 3 amide bonds. The Morgan fingerprint density at radius 2 is 1.59 bits per heavy atom. The normalized spacial score (nSPS) is 22.1. The van der Waals surface area contributed by atoms with E-state index >= 15 is 0 Å². The zero-order chi connectivity index (χ0) is 29.5. The van der Waals surface area contributed by atoms with Crippen LogP contribution in [0.2, 0.25) is 0 Å². The number of hydrogen-bond donors (Lipinski definition) is 2. The van der Waals surface area contributed by atoms with Gasteiger partial charge in [-0.05, 0) is 65.4 Å². The Balaban J connectivity index is 1.48. The molecule has 1 saturated carbocycles. The lowest BCUT2D eigenvalue weighted by molar-refractivity contribution is -0.139. The average Bonchev–Trinajstić information content (AvgIpc) is 3.19. The zero-order valence-electron chi connectivity index (χ0n) is 25.3. The summed E-state index contributed by atoms with van der Waals surface area (Å²) in [6, 6.07) is 9.25. The Kier molecular flexibility index (Phi) is 10.9. The SMILES string of the molecule is CC1(C)OB(C(CCCc2ccccc2)NC(=O)C(CC(=O)N2CCOCC2)NC(=O)C2CCCCC2)OC1(C)C. The predicted octanol–water partition coefficient (Wildman–Crippen LogP) is 3.44. The molecule has 226 valence electrons. The van der Waals surface area contributed by atoms with Crippen LogP contribution in [0.4, 0.5) is 0 Å². The summed E-state index contributed by atoms with van der Waals surface area (Å²) in [4.78, 5) is 42.0. The second-order valence-corrected chi connectivity index (χ2v) is 12.7. The molecule has 4 rings (SSSR count). The van der Waals surface area contributed by atoms with E-state index in [1.165, 1.54) is 5.56 Å². The van der Waals surface area contributed by atoms with Crippen molar-refractivity contribution in [3.63, 3.8) is 0 Å². The maximum Gasteiger partial charge on any atom is 0.481 e. The smallest absolute Gasteiger partial charge is 0.402 e. The van der Waals surface area contributed by atoms with Crippen molar-refractivity contribution < 1.29 is 28.4 Å². The van der Waals surface area contributed by atoms with Gasteiger partial charge in [0.05, 0.1) is 36.8 Å². The summed E-state index contributed by atoms with van der Waals surface area (Å²) in [6.45, 7) is 9.88. The molecular formula is C31H48BN3O6. The van der Waals surface area contributed by atoms with Crippen LogP contribution in [0.15, 0.2) is 30.3 Å². The molecule has 1 aromatic carbocycles. The van der Waals surface area contributed by atoms with Crippen LogP contribution in [-0.2, 0) is 34.9 Å². The first-order chi connectivity index (χ1) is 19.6. The molecule has 2 saturated heterocycles. The largest absolute Gasteiger partial charge is 0.481 e. The Hall–Kier alpha value is -2.43. The van der Waals surface area contributed by atoms with E-state index in [9.17, 15) is 14.4 Å². The number of nitrogens with one attached hydrogen (secondary N) is 2. The minimum Gasteiger partial charge on any atom is -0.402 e. The van der Waals surface area contributed by atoms with Gasteiger partial charge in [0.25, 0.3) is 0 Å². The highest BCUT2D eigenvalue weighted by Crippen LogP contribution is 2.38. The Bertz CT molecular complexity index is 976. The van der Waals surface area contributed by atoms with Crippen molar-refractivity contribution in [1.29, 1.82) is 0 Å². The number of nitrogens with zero attached hydrogens (tertiary/aromatic N) is 1. The van der Waals surface area contributed by atoms with Gasteiger partial charge >= 0.3 is 7.12 Å². The number of carbonyl (C=O) groups excluding carboxylic acids is 3. The van der Waals surface area contributed by atoms with Gasteiger partial charge < -0.3 is 29.6 Å². The van der Waals surface area contributed by atoms with Crippen LogP contribution in [-0.4, -0.2) is 79.2 Å². The number of benzene rings is 1. The molecule has 2 heterocycles. The quantitative estimate of drug-likeness (QED) is 0.396. The van der Waals surface area contributed by atoms with Crippen molar-refractivity contribution in [2.24, 2.45) is 5.92 Å². The first-order valence-corrected chi connectivity index (χ1v) is 15.4. The van der Waals surface area contributed by atoms with Crippen molar-refractivity contribution in [3.8, 4) is 0 Å². The molecule has 0 bridgehead atoms. The first-order valence-electron chi connectivity index (χ1n) is 15.4. The van der Waals surface area contributed by atoms with E-state index in [1.54, 1.807) is 4.90 Å². The molecule has 1 aromatic rings. The summed E-state index contributed by atoms with van der Waals surface area (Å²) in [5.41, 5.74) is 0.113. The molecule has 2 unspecified atom stereocenters. The number of hydrogen-bond acceptors (Lipinski definition) is 6. The highest BCUT2D eigenvalue weighted by atomic mass is 16.7. The van der Waals surface area contributed by atoms with Crippen LogP contribution in [0.25, 0.3) is 0 Å². The van der Waals surface area contributed by atoms with Gasteiger partial charge in [-0.2, -0.15) is 0 Å². The number of carbonyl (C=O) groups is 3. The summed E-state index contributed by atoms with van der Waals surface area (Å²) < 4.78 is 18.1. The molecule has 41 heavy (non-hydrogen) atoms. The zero-order valence-corrected chi connectivity index (χ0v) is 25.3. The van der Waals surface area contributed by atoms with Crippen molar-refractivity contribution in [3.05, 3.63) is 35.9 Å². The highest BCUT2D eigenvalue weighted by molar-refractivity contribution is 6.48. The first kappa shape index (κ1) is 31.5. The lowest BCUT2D eigenvalue weighted by Crippen LogP contribution is -2.56. The molecule has 10 heteroatoms. The molecule has 2 aliphatic heterocycles. The lowest BCUT2D eigenvalue weighted by Gasteiger charge is -2.32. The summed E-state index contributed by atoms with van der Waals surface area (Å²) in [7, 11) is -0.649. The third-order valence-electron chi connectivity index (χ3n) is 9.10. The van der Waals surface area contributed by atoms with Crippen LogP contribution in [0.1, 0.15) is 84.6 Å². The van der Waals surface area contributed by atoms with Gasteiger partial charge in [0.2, 0.25) is 17.7 Å². The maximum atomic E-state index is 13.9. The van der Waals surface area contributed by atoms with Crippen LogP contribution in [0, 0.1) is 5.92 Å². The van der Waals surface area contributed by atoms with Gasteiger partial charge in [-0.3, -0.25) is 14.4 Å². The van der Waals surface area contributed by atoms with Gasteiger partial charge in [0.15, 0.2) is 0 Å². The number of aryl methyl sites for hydroxylation is 1. The monoisotopic (exact) mass is 569 g/mol. The van der Waals surface area contributed by atoms with Gasteiger partial charge in [-0.1, -0.05) is 49.6 Å². The minimum atomic E-state index is -0.973. The second kappa shape index (κ2) is 14.2. The fraction of sp³-hybridized carbons (Fsp3) is 0.710. The van der Waals surface area contributed by atoms with E-state index in [2.05, 4.69) is 22.8 Å². The van der Waals surface area contributed by atoms with E-state index in [-0.39, 0.29) is 30.1 Å². The Labute approximate surface area is 245 Å². The van der Waals surface area contributed by atoms with E-state index < -0.39 is 30.3 Å². The highest BCUT2D eigenvalue weighted by Gasteiger charge is 2.54. The van der Waals surface area contributed by atoms with Crippen LogP contribution < -0.4 is 10.6 Å². The number of rotatable bonds is 11. The van der Waals surface area contributed by atoms with Gasteiger partial charge in [-0.15, -0.1) is 0 Å². The minimum absolute atomic E-state index is 0.0929. The van der Waals surface area contributed by atoms with Gasteiger partial charge in [-0.25, -0.2) is 0 Å². The van der Waals surface area contributed by atoms with E-state index in [0.29, 0.717) is 32.7 Å². The van der Waals surface area contributed by atoms with E-state index in [0.717, 1.165) is 44.9 Å². The molecule has 2 atom stereocenters. The van der Waals surface area contributed by atoms with Crippen molar-refractivity contribution >= 4 is 24.8 Å². The summed E-state index contributed by atoms with van der Waals surface area (Å²) in [5, 5.41) is 6.09. The maximum absolute atomic E-state index is 13.9. The number of ether oxygens (including phenoxy) is 1. The molecule has 0 spiro atoms. The average molecular weight is 570 g/mol. The van der Waals surface area contributed by atoms with Crippen molar-refractivity contribution in [1.82, 2.24) is 15.5 Å². The van der Waals surface area contributed by atoms with E-state index in [4.69, 9.17) is 14.0 Å². The molecule has 0 aromatic heterocycles. The molecule has 1 aliphatic carbocycles. The van der Waals surface area contributed by atoms with Crippen molar-refractivity contribution in [2.75, 3.05) is 26.3 Å². The number of morpholine rings is 1. The summed E-state index contributed by atoms with van der Waals surface area (Å²) in [5.74, 6) is -1.25. The summed E-state index contributed by atoms with van der Waals surface area (Å²) in [6.07, 6.45) is 6.96. The third-order valence-corrected chi connectivity index (χ3v) is 9.10. The number of amides is 3. The molecule has 3 fully saturated rings. The Morgan fingerprint density at radius 1 is 0.951 bits per heavy atom. The second-order valence-electron chi connectivity index (χ2n) is 12.7. The molecule has 2 N–H and O–H groups in total. The fourth-order valence-electron chi connectivity index (χ4n) is 5.76. The standard InChI is InChI=1S/C31H48BN3O6/c1-30(2)31(3,4)41-32(40-30)26(17-11-14-23-12-7-5-8-13-23)34-29(38)25(22-27(36)35-18-20-39-21-19-35)33-28(37)24-15-9-6-10-16-24/h5,7-8,12-13,24-26H,6,9-11,14-22H2,1-4H3,(H,33,37)(H,34,38). The third kappa shape index (κ3) is 8.55. The fourth-order valence-corrected chi connectivity index (χ4v) is 5.76. The van der Waals surface area contributed by atoms with Gasteiger partial charge in [0, 0.05) is 19.0 Å². The van der Waals surface area contributed by atoms with Crippen LogP contribution >= 0.6 is 0 Å². The summed E-state index contributed by atoms with van der Waals surface area (Å²) >= 11 is 0. The molecule has 0 radical (unpaired) electrons.